The summed E-state index contributed by atoms with van der Waals surface area (Å²) in [6.45, 7) is 1.89. The number of aliphatic imine (C=N–C) groups is 2. The molecule has 0 saturated heterocycles. The minimum absolute atomic E-state index is 0.192. The summed E-state index contributed by atoms with van der Waals surface area (Å²) < 4.78 is 53.4. The van der Waals surface area contributed by atoms with E-state index in [1.54, 1.807) is 26.6 Å². The van der Waals surface area contributed by atoms with Crippen LogP contribution in [0.15, 0.2) is 65.0 Å². The van der Waals surface area contributed by atoms with Crippen molar-refractivity contribution in [3.63, 3.8) is 0 Å². The van der Waals surface area contributed by atoms with Crippen LogP contribution in [0.3, 0.4) is 0 Å². The molecular formula is C23H24F3N7O2. The molecule has 0 saturated carbocycles. The largest absolute Gasteiger partial charge is 0.494 e. The van der Waals surface area contributed by atoms with Crippen LogP contribution in [0, 0.1) is 6.92 Å². The number of imidazole rings is 1. The molecule has 1 unspecified atom stereocenters. The second kappa shape index (κ2) is 9.57. The SMILES string of the molecule is CN=C1N=C(Nc2ccc(-n3cnc(C)c3)c(OC)c2)N(C)C(Oc2ccccc2C(F)(F)F)N1. The van der Waals surface area contributed by atoms with E-state index in [-0.39, 0.29) is 11.7 Å². The number of hydrogen-bond donors (Lipinski definition) is 2. The molecule has 1 atom stereocenters. The average molecular weight is 487 g/mol. The van der Waals surface area contributed by atoms with Gasteiger partial charge in [-0.25, -0.2) is 4.98 Å². The third kappa shape index (κ3) is 5.15. The van der Waals surface area contributed by atoms with Gasteiger partial charge in [0.05, 0.1) is 30.4 Å². The number of halogens is 3. The molecule has 4 rings (SSSR count). The minimum atomic E-state index is -4.56. The molecule has 3 aromatic rings. The molecule has 12 heteroatoms. The Labute approximate surface area is 199 Å². The zero-order valence-corrected chi connectivity index (χ0v) is 19.5. The van der Waals surface area contributed by atoms with Crippen molar-refractivity contribution in [1.82, 2.24) is 19.8 Å². The van der Waals surface area contributed by atoms with E-state index in [9.17, 15) is 13.2 Å². The van der Waals surface area contributed by atoms with E-state index >= 15 is 0 Å². The Morgan fingerprint density at radius 1 is 1.14 bits per heavy atom. The number of benzene rings is 2. The van der Waals surface area contributed by atoms with E-state index in [0.29, 0.717) is 17.4 Å². The van der Waals surface area contributed by atoms with Crippen LogP contribution in [0.25, 0.3) is 5.69 Å². The van der Waals surface area contributed by atoms with Crippen molar-refractivity contribution in [2.75, 3.05) is 26.5 Å². The normalized spacial score (nSPS) is 17.1. The van der Waals surface area contributed by atoms with Crippen LogP contribution in [0.1, 0.15) is 11.3 Å². The molecule has 184 valence electrons. The lowest BCUT2D eigenvalue weighted by molar-refractivity contribution is -0.139. The molecule has 35 heavy (non-hydrogen) atoms. The molecule has 2 heterocycles. The molecule has 9 nitrogen and oxygen atoms in total. The first kappa shape index (κ1) is 23.9. The smallest absolute Gasteiger partial charge is 0.419 e. The Balaban J connectivity index is 1.59. The number of anilines is 1. The fraction of sp³-hybridized carbons (Fsp3) is 0.261. The molecule has 1 aliphatic rings. The number of aryl methyl sites for hydroxylation is 1. The summed E-state index contributed by atoms with van der Waals surface area (Å²) in [5.41, 5.74) is 1.42. The molecule has 0 radical (unpaired) electrons. The predicted molar refractivity (Wildman–Crippen MR) is 126 cm³/mol. The summed E-state index contributed by atoms with van der Waals surface area (Å²) >= 11 is 0. The first-order valence-corrected chi connectivity index (χ1v) is 10.5. The number of guanidine groups is 2. The number of methoxy groups -OCH3 is 1. The van der Waals surface area contributed by atoms with Gasteiger partial charge in [0.2, 0.25) is 11.9 Å². The van der Waals surface area contributed by atoms with Crippen LogP contribution in [0.5, 0.6) is 11.5 Å². The molecule has 2 N–H and O–H groups in total. The number of alkyl halides is 3. The summed E-state index contributed by atoms with van der Waals surface area (Å²) in [7, 11) is 4.71. The highest BCUT2D eigenvalue weighted by atomic mass is 19.4. The van der Waals surface area contributed by atoms with Crippen molar-refractivity contribution in [3.8, 4) is 17.2 Å². The van der Waals surface area contributed by atoms with Crippen molar-refractivity contribution in [2.45, 2.75) is 19.5 Å². The molecular weight excluding hydrogens is 463 g/mol. The first-order chi connectivity index (χ1) is 16.7. The Morgan fingerprint density at radius 2 is 1.91 bits per heavy atom. The summed E-state index contributed by atoms with van der Waals surface area (Å²) in [6.07, 6.45) is -2.00. The third-order valence-corrected chi connectivity index (χ3v) is 5.22. The maximum Gasteiger partial charge on any atom is 0.419 e. The van der Waals surface area contributed by atoms with Crippen molar-refractivity contribution in [2.24, 2.45) is 9.98 Å². The highest BCUT2D eigenvalue weighted by Crippen LogP contribution is 2.36. The van der Waals surface area contributed by atoms with Gasteiger partial charge in [-0.1, -0.05) is 12.1 Å². The summed E-state index contributed by atoms with van der Waals surface area (Å²) in [5, 5.41) is 6.04. The first-order valence-electron chi connectivity index (χ1n) is 10.5. The molecule has 0 bridgehead atoms. The molecule has 0 spiro atoms. The van der Waals surface area contributed by atoms with E-state index in [1.807, 2.05) is 29.8 Å². The minimum Gasteiger partial charge on any atom is -0.494 e. The Kier molecular flexibility index (Phi) is 6.54. The number of nitrogens with one attached hydrogen (secondary N) is 2. The lowest BCUT2D eigenvalue weighted by Gasteiger charge is -2.35. The van der Waals surface area contributed by atoms with Crippen molar-refractivity contribution < 1.29 is 22.6 Å². The van der Waals surface area contributed by atoms with Gasteiger partial charge in [0.15, 0.2) is 0 Å². The van der Waals surface area contributed by atoms with Crippen LogP contribution < -0.4 is 20.1 Å². The van der Waals surface area contributed by atoms with E-state index in [2.05, 4.69) is 25.6 Å². The van der Waals surface area contributed by atoms with Crippen LogP contribution in [-0.4, -0.2) is 53.9 Å². The third-order valence-electron chi connectivity index (χ3n) is 5.22. The maximum atomic E-state index is 13.4. The van der Waals surface area contributed by atoms with Crippen molar-refractivity contribution in [1.29, 1.82) is 0 Å². The van der Waals surface area contributed by atoms with Crippen molar-refractivity contribution in [3.05, 3.63) is 66.2 Å². The standard InChI is InChI=1S/C23H24F3N7O2/c1-14-12-33(13-28-14)17-10-9-15(11-19(17)34-4)29-21-30-20(27-2)31-22(32(21)3)35-18-8-6-5-7-16(18)23(24,25)26/h5-13,22H,1-4H3,(H2,27,29,30,31). The number of rotatable bonds is 5. The van der Waals surface area contributed by atoms with E-state index in [4.69, 9.17) is 9.47 Å². The lowest BCUT2D eigenvalue weighted by atomic mass is 10.2. The van der Waals surface area contributed by atoms with Crippen LogP contribution >= 0.6 is 0 Å². The maximum absolute atomic E-state index is 13.4. The summed E-state index contributed by atoms with van der Waals surface area (Å²) in [5.74, 6) is 0.772. The number of nitrogens with zero attached hydrogens (tertiary/aromatic N) is 5. The molecule has 0 amide bonds. The number of para-hydroxylation sites is 1. The molecule has 0 fully saturated rings. The fourth-order valence-corrected chi connectivity index (χ4v) is 3.44. The van der Waals surface area contributed by atoms with E-state index in [1.165, 1.54) is 30.1 Å². The molecule has 1 aromatic heterocycles. The van der Waals surface area contributed by atoms with E-state index < -0.39 is 18.1 Å². The zero-order chi connectivity index (χ0) is 25.2. The van der Waals surface area contributed by atoms with Gasteiger partial charge < -0.3 is 24.7 Å². The van der Waals surface area contributed by atoms with Gasteiger partial charge in [0, 0.05) is 32.0 Å². The topological polar surface area (TPSA) is 88.3 Å². The molecule has 1 aliphatic heterocycles. The van der Waals surface area contributed by atoms with E-state index in [0.717, 1.165) is 17.4 Å². The number of aromatic nitrogens is 2. The molecule has 0 aliphatic carbocycles. The molecule has 2 aromatic carbocycles. The lowest BCUT2D eigenvalue weighted by Crippen LogP contribution is -2.57. The Hall–Kier alpha value is -4.22. The van der Waals surface area contributed by atoms with Gasteiger partial charge in [-0.2, -0.15) is 18.2 Å². The quantitative estimate of drug-likeness (QED) is 0.568. The fourth-order valence-electron chi connectivity index (χ4n) is 3.44. The van der Waals surface area contributed by atoms with Gasteiger partial charge in [-0.15, -0.1) is 0 Å². The summed E-state index contributed by atoms with van der Waals surface area (Å²) in [6, 6.07) is 10.5. The Bertz CT molecular complexity index is 1270. The summed E-state index contributed by atoms with van der Waals surface area (Å²) in [4.78, 5) is 14.2. The van der Waals surface area contributed by atoms with Gasteiger partial charge in [0.1, 0.15) is 11.5 Å². The van der Waals surface area contributed by atoms with Gasteiger partial charge in [-0.3, -0.25) is 9.89 Å². The van der Waals surface area contributed by atoms with Crippen LogP contribution in [-0.2, 0) is 6.18 Å². The highest BCUT2D eigenvalue weighted by Gasteiger charge is 2.36. The highest BCUT2D eigenvalue weighted by molar-refractivity contribution is 6.03. The van der Waals surface area contributed by atoms with Crippen LogP contribution in [0.2, 0.25) is 0 Å². The predicted octanol–water partition coefficient (Wildman–Crippen LogP) is 3.86. The van der Waals surface area contributed by atoms with Gasteiger partial charge >= 0.3 is 6.18 Å². The Morgan fingerprint density at radius 3 is 2.57 bits per heavy atom. The van der Waals surface area contributed by atoms with Crippen LogP contribution in [0.4, 0.5) is 18.9 Å². The number of ether oxygens (including phenoxy) is 2. The second-order valence-corrected chi connectivity index (χ2v) is 7.64. The number of hydrogen-bond acceptors (Lipinski definition) is 6. The van der Waals surface area contributed by atoms with Gasteiger partial charge in [0.25, 0.3) is 6.35 Å². The van der Waals surface area contributed by atoms with Crippen molar-refractivity contribution >= 4 is 17.6 Å². The second-order valence-electron chi connectivity index (χ2n) is 7.64. The average Bonchev–Trinajstić information content (AvgIpc) is 3.27. The zero-order valence-electron chi connectivity index (χ0n) is 19.5. The monoisotopic (exact) mass is 487 g/mol. The van der Waals surface area contributed by atoms with Gasteiger partial charge in [-0.05, 0) is 31.2 Å².